The number of aromatic nitrogens is 2. The normalized spacial score (nSPS) is 11.5. The lowest BCUT2D eigenvalue weighted by atomic mass is 9.97. The number of nitrogens with zero attached hydrogens (tertiary/aromatic N) is 1. The van der Waals surface area contributed by atoms with Gasteiger partial charge >= 0.3 is 11.7 Å². The zero-order valence-corrected chi connectivity index (χ0v) is 14.4. The second-order valence-corrected chi connectivity index (χ2v) is 6.47. The Labute approximate surface area is 143 Å². The molecule has 0 fully saturated rings. The number of fused-ring (bicyclic) bond motifs is 1. The molecule has 0 radical (unpaired) electrons. The lowest BCUT2D eigenvalue weighted by Crippen LogP contribution is -2.43. The number of carboxylic acids is 1. The Morgan fingerprint density at radius 1 is 1.28 bits per heavy atom. The number of rotatable bonds is 6. The van der Waals surface area contributed by atoms with Crippen LogP contribution in [0, 0.1) is 0 Å². The van der Waals surface area contributed by atoms with E-state index in [0.717, 1.165) is 4.57 Å². The van der Waals surface area contributed by atoms with Gasteiger partial charge < -0.3 is 15.4 Å². The molecule has 8 nitrogen and oxygen atoms in total. The molecule has 0 aliphatic rings. The quantitative estimate of drug-likeness (QED) is 0.722. The Kier molecular flexibility index (Phi) is 5.10. The predicted molar refractivity (Wildman–Crippen MR) is 92.9 cm³/mol. The summed E-state index contributed by atoms with van der Waals surface area (Å²) in [6.07, 6.45) is 0.217. The van der Waals surface area contributed by atoms with E-state index in [1.165, 1.54) is 18.2 Å². The molecule has 0 spiro atoms. The smallest absolute Gasteiger partial charge is 0.328 e. The summed E-state index contributed by atoms with van der Waals surface area (Å²) < 4.78 is 1.08. The lowest BCUT2D eigenvalue weighted by molar-refractivity contribution is -0.137. The summed E-state index contributed by atoms with van der Waals surface area (Å²) in [5.41, 5.74) is -1.08. The van der Waals surface area contributed by atoms with Crippen LogP contribution in [0.15, 0.2) is 27.8 Å². The largest absolute Gasteiger partial charge is 0.481 e. The van der Waals surface area contributed by atoms with Crippen LogP contribution in [0.3, 0.4) is 0 Å². The van der Waals surface area contributed by atoms with Gasteiger partial charge in [0.25, 0.3) is 11.5 Å². The molecule has 8 heteroatoms. The van der Waals surface area contributed by atoms with E-state index in [0.29, 0.717) is 5.39 Å². The van der Waals surface area contributed by atoms with Gasteiger partial charge in [0.1, 0.15) is 0 Å². The van der Waals surface area contributed by atoms with Crippen LogP contribution in [0.4, 0.5) is 0 Å². The van der Waals surface area contributed by atoms with Crippen LogP contribution < -0.4 is 16.6 Å². The molecule has 0 saturated heterocycles. The van der Waals surface area contributed by atoms with Gasteiger partial charge in [-0.15, -0.1) is 0 Å². The first kappa shape index (κ1) is 18.4. The SMILES string of the molecule is CCn1c(=O)[nH]c2cc(C(=O)NC(C)(C)CCC(=O)O)ccc2c1=O. The number of hydrogen-bond donors (Lipinski definition) is 3. The fourth-order valence-electron chi connectivity index (χ4n) is 2.54. The highest BCUT2D eigenvalue weighted by molar-refractivity contribution is 5.98. The third-order valence-electron chi connectivity index (χ3n) is 3.98. The predicted octanol–water partition coefficient (Wildman–Crippen LogP) is 1.08. The lowest BCUT2D eigenvalue weighted by Gasteiger charge is -2.25. The molecule has 0 saturated carbocycles. The van der Waals surface area contributed by atoms with Crippen LogP contribution in [-0.4, -0.2) is 32.1 Å². The van der Waals surface area contributed by atoms with E-state index in [9.17, 15) is 19.2 Å². The van der Waals surface area contributed by atoms with Gasteiger partial charge in [0.05, 0.1) is 10.9 Å². The third-order valence-corrected chi connectivity index (χ3v) is 3.98. The van der Waals surface area contributed by atoms with Gasteiger partial charge in [0.2, 0.25) is 0 Å². The number of carbonyl (C=O) groups is 2. The molecule has 0 unspecified atom stereocenters. The van der Waals surface area contributed by atoms with E-state index in [1.54, 1.807) is 20.8 Å². The van der Waals surface area contributed by atoms with E-state index in [4.69, 9.17) is 5.11 Å². The minimum atomic E-state index is -0.933. The Morgan fingerprint density at radius 3 is 2.56 bits per heavy atom. The minimum Gasteiger partial charge on any atom is -0.481 e. The summed E-state index contributed by atoms with van der Waals surface area (Å²) in [7, 11) is 0. The fraction of sp³-hybridized carbons (Fsp3) is 0.412. The number of aliphatic carboxylic acids is 1. The second kappa shape index (κ2) is 6.92. The summed E-state index contributed by atoms with van der Waals surface area (Å²) >= 11 is 0. The molecule has 134 valence electrons. The maximum atomic E-state index is 12.4. The third kappa shape index (κ3) is 4.14. The van der Waals surface area contributed by atoms with Gasteiger partial charge in [0.15, 0.2) is 0 Å². The number of carboxylic acid groups (broad SMARTS) is 1. The molecule has 25 heavy (non-hydrogen) atoms. The molecule has 2 aromatic rings. The summed E-state index contributed by atoms with van der Waals surface area (Å²) in [5.74, 6) is -1.34. The van der Waals surface area contributed by atoms with Crippen molar-refractivity contribution < 1.29 is 14.7 Å². The standard InChI is InChI=1S/C17H21N3O5/c1-4-20-15(24)11-6-5-10(9-12(11)18-16(20)25)14(23)19-17(2,3)8-7-13(21)22/h5-6,9H,4,7-8H2,1-3H3,(H,18,25)(H,19,23)(H,21,22). The van der Waals surface area contributed by atoms with Crippen molar-refractivity contribution >= 4 is 22.8 Å². The molecular weight excluding hydrogens is 326 g/mol. The highest BCUT2D eigenvalue weighted by atomic mass is 16.4. The van der Waals surface area contributed by atoms with Gasteiger partial charge in [-0.2, -0.15) is 0 Å². The molecule has 1 aromatic carbocycles. The van der Waals surface area contributed by atoms with Gasteiger partial charge in [-0.05, 0) is 45.4 Å². The molecule has 1 aromatic heterocycles. The molecule has 1 amide bonds. The summed E-state index contributed by atoms with van der Waals surface area (Å²) in [6, 6.07) is 4.45. The number of aromatic amines is 1. The molecule has 1 heterocycles. The Balaban J connectivity index is 2.32. The minimum absolute atomic E-state index is 0.0606. The van der Waals surface area contributed by atoms with Gasteiger partial charge in [-0.25, -0.2) is 4.79 Å². The molecule has 3 N–H and O–H groups in total. The zero-order chi connectivity index (χ0) is 18.8. The first-order valence-electron chi connectivity index (χ1n) is 7.96. The van der Waals surface area contributed by atoms with E-state index < -0.39 is 28.7 Å². The van der Waals surface area contributed by atoms with Crippen molar-refractivity contribution in [1.29, 1.82) is 0 Å². The number of nitrogens with one attached hydrogen (secondary N) is 2. The van der Waals surface area contributed by atoms with E-state index in [-0.39, 0.29) is 30.5 Å². The van der Waals surface area contributed by atoms with E-state index >= 15 is 0 Å². The highest BCUT2D eigenvalue weighted by Crippen LogP contribution is 2.14. The zero-order valence-electron chi connectivity index (χ0n) is 14.4. The van der Waals surface area contributed by atoms with Crippen molar-refractivity contribution in [3.8, 4) is 0 Å². The average Bonchev–Trinajstić information content (AvgIpc) is 2.52. The van der Waals surface area contributed by atoms with Crippen LogP contribution in [0.25, 0.3) is 10.9 Å². The Bertz CT molecular complexity index is 939. The van der Waals surface area contributed by atoms with Crippen molar-refractivity contribution in [2.45, 2.75) is 45.7 Å². The van der Waals surface area contributed by atoms with Gasteiger partial charge in [-0.3, -0.25) is 19.0 Å². The van der Waals surface area contributed by atoms with Crippen LogP contribution in [0.1, 0.15) is 44.0 Å². The monoisotopic (exact) mass is 347 g/mol. The van der Waals surface area contributed by atoms with E-state index in [2.05, 4.69) is 10.3 Å². The number of benzene rings is 1. The summed E-state index contributed by atoms with van der Waals surface area (Å²) in [4.78, 5) is 49.8. The van der Waals surface area contributed by atoms with Gasteiger partial charge in [-0.1, -0.05) is 0 Å². The molecule has 0 atom stereocenters. The van der Waals surface area contributed by atoms with Crippen molar-refractivity contribution in [3.05, 3.63) is 44.6 Å². The number of carbonyl (C=O) groups excluding carboxylic acids is 1. The topological polar surface area (TPSA) is 121 Å². The second-order valence-electron chi connectivity index (χ2n) is 6.47. The molecule has 2 rings (SSSR count). The van der Waals surface area contributed by atoms with Crippen LogP contribution in [0.5, 0.6) is 0 Å². The summed E-state index contributed by atoms with van der Waals surface area (Å²) in [6.45, 7) is 5.42. The Morgan fingerprint density at radius 2 is 1.96 bits per heavy atom. The Hall–Kier alpha value is -2.90. The maximum Gasteiger partial charge on any atom is 0.328 e. The maximum absolute atomic E-state index is 12.4. The molecule has 0 bridgehead atoms. The first-order valence-corrected chi connectivity index (χ1v) is 7.96. The van der Waals surface area contributed by atoms with Crippen molar-refractivity contribution in [2.24, 2.45) is 0 Å². The highest BCUT2D eigenvalue weighted by Gasteiger charge is 2.22. The molecular formula is C17H21N3O5. The van der Waals surface area contributed by atoms with Crippen LogP contribution >= 0.6 is 0 Å². The fourth-order valence-corrected chi connectivity index (χ4v) is 2.54. The molecule has 0 aliphatic heterocycles. The van der Waals surface area contributed by atoms with Crippen molar-refractivity contribution in [2.75, 3.05) is 0 Å². The molecule has 0 aliphatic carbocycles. The van der Waals surface area contributed by atoms with Crippen LogP contribution in [0.2, 0.25) is 0 Å². The van der Waals surface area contributed by atoms with Crippen molar-refractivity contribution in [3.63, 3.8) is 0 Å². The number of hydrogen-bond acceptors (Lipinski definition) is 4. The van der Waals surface area contributed by atoms with Crippen molar-refractivity contribution in [1.82, 2.24) is 14.9 Å². The van der Waals surface area contributed by atoms with Gasteiger partial charge in [0, 0.05) is 24.1 Å². The first-order chi connectivity index (χ1) is 11.6. The van der Waals surface area contributed by atoms with E-state index in [1.807, 2.05) is 0 Å². The number of H-pyrrole nitrogens is 1. The summed E-state index contributed by atoms with van der Waals surface area (Å²) in [5, 5.41) is 11.9. The van der Waals surface area contributed by atoms with Crippen LogP contribution in [-0.2, 0) is 11.3 Å². The number of amides is 1. The average molecular weight is 347 g/mol.